The Morgan fingerprint density at radius 2 is 1.53 bits per heavy atom. The van der Waals surface area contributed by atoms with Gasteiger partial charge in [0.15, 0.2) is 0 Å². The van der Waals surface area contributed by atoms with Gasteiger partial charge in [-0.05, 0) is 38.1 Å². The van der Waals surface area contributed by atoms with Crippen molar-refractivity contribution in [1.29, 1.82) is 0 Å². The highest BCUT2D eigenvalue weighted by Crippen LogP contribution is 2.11. The van der Waals surface area contributed by atoms with E-state index in [1.165, 1.54) is 5.56 Å². The molecule has 0 bridgehead atoms. The minimum Gasteiger partial charge on any atom is -0.322 e. The average Bonchev–Trinajstić information content (AvgIpc) is 2.43. The molecule has 0 spiro atoms. The lowest BCUT2D eigenvalue weighted by Crippen LogP contribution is -2.11. The first-order chi connectivity index (χ1) is 9.15. The van der Waals surface area contributed by atoms with E-state index >= 15 is 0 Å². The second-order valence-electron chi connectivity index (χ2n) is 4.19. The zero-order valence-corrected chi connectivity index (χ0v) is 12.0. The van der Waals surface area contributed by atoms with Gasteiger partial charge in [-0.3, -0.25) is 4.79 Å². The van der Waals surface area contributed by atoms with E-state index < -0.39 is 0 Å². The third kappa shape index (κ3) is 4.59. The van der Waals surface area contributed by atoms with Crippen molar-refractivity contribution in [3.63, 3.8) is 0 Å². The van der Waals surface area contributed by atoms with Crippen LogP contribution in [0.3, 0.4) is 0 Å². The summed E-state index contributed by atoms with van der Waals surface area (Å²) in [5, 5.41) is 2.87. The Morgan fingerprint density at radius 3 is 2.11 bits per heavy atom. The molecule has 0 saturated heterocycles. The number of aryl methyl sites for hydroxylation is 2. The first kappa shape index (κ1) is 15.0. The lowest BCUT2D eigenvalue weighted by atomic mass is 10.1. The van der Waals surface area contributed by atoms with Crippen molar-refractivity contribution in [3.05, 3.63) is 65.2 Å². The predicted molar refractivity (Wildman–Crippen MR) is 81.7 cm³/mol. The molecule has 0 aliphatic heterocycles. The number of amides is 1. The van der Waals surface area contributed by atoms with Gasteiger partial charge in [0.25, 0.3) is 5.91 Å². The van der Waals surface area contributed by atoms with E-state index in [4.69, 9.17) is 0 Å². The zero-order valence-electron chi connectivity index (χ0n) is 12.0. The molecule has 2 rings (SSSR count). The lowest BCUT2D eigenvalue weighted by molar-refractivity contribution is 0.102. The number of nitrogens with one attached hydrogen (secondary N) is 1. The molecule has 2 heteroatoms. The van der Waals surface area contributed by atoms with Gasteiger partial charge >= 0.3 is 0 Å². The van der Waals surface area contributed by atoms with Crippen molar-refractivity contribution < 1.29 is 4.79 Å². The van der Waals surface area contributed by atoms with Crippen LogP contribution in [0.15, 0.2) is 48.5 Å². The van der Waals surface area contributed by atoms with Crippen LogP contribution in [0, 0.1) is 13.8 Å². The average molecular weight is 255 g/mol. The molecule has 0 aliphatic carbocycles. The Hall–Kier alpha value is -2.09. The normalized spacial score (nSPS) is 9.26. The molecule has 0 aliphatic rings. The maximum atomic E-state index is 11.9. The smallest absolute Gasteiger partial charge is 0.255 e. The molecule has 1 N–H and O–H groups in total. The lowest BCUT2D eigenvalue weighted by Gasteiger charge is -2.06. The van der Waals surface area contributed by atoms with Gasteiger partial charge < -0.3 is 5.32 Å². The molecule has 2 aromatic carbocycles. The molecule has 0 saturated carbocycles. The SMILES string of the molecule is CC.Cc1ccc(NC(=O)c2cccc(C)c2)cc1. The summed E-state index contributed by atoms with van der Waals surface area (Å²) in [6.07, 6.45) is 0. The maximum Gasteiger partial charge on any atom is 0.255 e. The van der Waals surface area contributed by atoms with Crippen LogP contribution >= 0.6 is 0 Å². The van der Waals surface area contributed by atoms with E-state index in [1.807, 2.05) is 76.2 Å². The zero-order chi connectivity index (χ0) is 14.3. The maximum absolute atomic E-state index is 11.9. The summed E-state index contributed by atoms with van der Waals surface area (Å²) in [6, 6.07) is 15.3. The molecule has 0 fully saturated rings. The van der Waals surface area contributed by atoms with Crippen molar-refractivity contribution in [1.82, 2.24) is 0 Å². The van der Waals surface area contributed by atoms with Crippen molar-refractivity contribution in [2.75, 3.05) is 5.32 Å². The van der Waals surface area contributed by atoms with Gasteiger partial charge in [-0.1, -0.05) is 49.2 Å². The summed E-state index contributed by atoms with van der Waals surface area (Å²) in [4.78, 5) is 11.9. The summed E-state index contributed by atoms with van der Waals surface area (Å²) < 4.78 is 0. The minimum atomic E-state index is -0.0717. The molecule has 0 radical (unpaired) electrons. The second kappa shape index (κ2) is 7.37. The van der Waals surface area contributed by atoms with Gasteiger partial charge in [0, 0.05) is 11.3 Å². The Balaban J connectivity index is 0.000000861. The topological polar surface area (TPSA) is 29.1 Å². The van der Waals surface area contributed by atoms with Gasteiger partial charge in [0.1, 0.15) is 0 Å². The number of carbonyl (C=O) groups is 1. The van der Waals surface area contributed by atoms with E-state index in [-0.39, 0.29) is 5.91 Å². The van der Waals surface area contributed by atoms with E-state index in [2.05, 4.69) is 5.32 Å². The van der Waals surface area contributed by atoms with Crippen LogP contribution in [0.25, 0.3) is 0 Å². The first-order valence-electron chi connectivity index (χ1n) is 6.60. The summed E-state index contributed by atoms with van der Waals surface area (Å²) in [6.45, 7) is 7.99. The molecule has 2 aromatic rings. The highest BCUT2D eigenvalue weighted by atomic mass is 16.1. The Morgan fingerprint density at radius 1 is 0.895 bits per heavy atom. The van der Waals surface area contributed by atoms with Crippen molar-refractivity contribution in [3.8, 4) is 0 Å². The number of hydrogen-bond donors (Lipinski definition) is 1. The van der Waals surface area contributed by atoms with Crippen LogP contribution in [0.4, 0.5) is 5.69 Å². The Bertz CT molecular complexity index is 529. The minimum absolute atomic E-state index is 0.0717. The third-order valence-electron chi connectivity index (χ3n) is 2.59. The molecule has 0 unspecified atom stereocenters. The van der Waals surface area contributed by atoms with Gasteiger partial charge in [0.2, 0.25) is 0 Å². The second-order valence-corrected chi connectivity index (χ2v) is 4.19. The highest BCUT2D eigenvalue weighted by Gasteiger charge is 2.05. The third-order valence-corrected chi connectivity index (χ3v) is 2.59. The molecule has 0 aromatic heterocycles. The monoisotopic (exact) mass is 255 g/mol. The van der Waals surface area contributed by atoms with E-state index in [0.717, 1.165) is 11.3 Å². The Kier molecular flexibility index (Phi) is 5.80. The van der Waals surface area contributed by atoms with E-state index in [1.54, 1.807) is 0 Å². The van der Waals surface area contributed by atoms with Gasteiger partial charge in [-0.25, -0.2) is 0 Å². The molecule has 19 heavy (non-hydrogen) atoms. The molecule has 100 valence electrons. The fourth-order valence-corrected chi connectivity index (χ4v) is 1.63. The number of carbonyl (C=O) groups excluding carboxylic acids is 1. The fourth-order valence-electron chi connectivity index (χ4n) is 1.63. The number of rotatable bonds is 2. The summed E-state index contributed by atoms with van der Waals surface area (Å²) in [7, 11) is 0. The first-order valence-corrected chi connectivity index (χ1v) is 6.60. The van der Waals surface area contributed by atoms with Crippen molar-refractivity contribution in [2.45, 2.75) is 27.7 Å². The van der Waals surface area contributed by atoms with Crippen LogP contribution in [0.1, 0.15) is 35.3 Å². The number of benzene rings is 2. The molecule has 1 amide bonds. The van der Waals surface area contributed by atoms with Gasteiger partial charge in [-0.2, -0.15) is 0 Å². The Labute approximate surface area is 115 Å². The molecule has 0 heterocycles. The van der Waals surface area contributed by atoms with E-state index in [9.17, 15) is 4.79 Å². The van der Waals surface area contributed by atoms with Gasteiger partial charge in [-0.15, -0.1) is 0 Å². The molecule has 0 atom stereocenters. The van der Waals surface area contributed by atoms with Crippen molar-refractivity contribution in [2.24, 2.45) is 0 Å². The number of anilines is 1. The van der Waals surface area contributed by atoms with Crippen LogP contribution < -0.4 is 5.32 Å². The van der Waals surface area contributed by atoms with Gasteiger partial charge in [0.05, 0.1) is 0 Å². The summed E-state index contributed by atoms with van der Waals surface area (Å²) in [5.74, 6) is -0.0717. The van der Waals surface area contributed by atoms with Crippen LogP contribution in [0.5, 0.6) is 0 Å². The summed E-state index contributed by atoms with van der Waals surface area (Å²) >= 11 is 0. The standard InChI is InChI=1S/C15H15NO.C2H6/c1-11-6-8-14(9-7-11)16-15(17)13-5-3-4-12(2)10-13;1-2/h3-10H,1-2H3,(H,16,17);1-2H3. The fraction of sp³-hybridized carbons (Fsp3) is 0.235. The predicted octanol–water partition coefficient (Wildman–Crippen LogP) is 4.58. The number of hydrogen-bond acceptors (Lipinski definition) is 1. The largest absolute Gasteiger partial charge is 0.322 e. The quantitative estimate of drug-likeness (QED) is 0.836. The van der Waals surface area contributed by atoms with Crippen LogP contribution in [-0.2, 0) is 0 Å². The molecular weight excluding hydrogens is 234 g/mol. The van der Waals surface area contributed by atoms with E-state index in [0.29, 0.717) is 5.56 Å². The summed E-state index contributed by atoms with van der Waals surface area (Å²) in [5.41, 5.74) is 3.77. The van der Waals surface area contributed by atoms with Crippen molar-refractivity contribution >= 4 is 11.6 Å². The van der Waals surface area contributed by atoms with Crippen LogP contribution in [0.2, 0.25) is 0 Å². The molecular formula is C17H21NO. The highest BCUT2D eigenvalue weighted by molar-refractivity contribution is 6.04. The van der Waals surface area contributed by atoms with Crippen LogP contribution in [-0.4, -0.2) is 5.91 Å². The molecule has 2 nitrogen and oxygen atoms in total.